The first kappa shape index (κ1) is 19.4. The van der Waals surface area contributed by atoms with Gasteiger partial charge in [-0.15, -0.1) is 0 Å². The molecule has 1 heterocycles. The molecule has 1 saturated heterocycles. The van der Waals surface area contributed by atoms with Crippen molar-refractivity contribution in [3.8, 4) is 0 Å². The average molecular weight is 375 g/mol. The van der Waals surface area contributed by atoms with Crippen LogP contribution in [0.2, 0.25) is 0 Å². The van der Waals surface area contributed by atoms with E-state index in [4.69, 9.17) is 0 Å². The second-order valence-corrected chi connectivity index (χ2v) is 10.6. The predicted octanol–water partition coefficient (Wildman–Crippen LogP) is 1.58. The molecule has 0 amide bonds. The molecule has 1 aliphatic rings. The zero-order chi connectivity index (χ0) is 18.1. The van der Waals surface area contributed by atoms with Crippen molar-refractivity contribution >= 4 is 19.9 Å². The summed E-state index contributed by atoms with van der Waals surface area (Å²) < 4.78 is 51.1. The molecule has 0 spiro atoms. The molecule has 1 aromatic carbocycles. The number of sulfone groups is 1. The van der Waals surface area contributed by atoms with Crippen LogP contribution in [-0.4, -0.2) is 64.5 Å². The number of nitrogens with zero attached hydrogens (tertiary/aromatic N) is 2. The largest absolute Gasteiger partial charge is 0.301 e. The van der Waals surface area contributed by atoms with E-state index in [1.807, 2.05) is 0 Å². The summed E-state index contributed by atoms with van der Waals surface area (Å²) in [6.07, 6.45) is 2.52. The fourth-order valence-corrected chi connectivity index (χ4v) is 6.10. The number of rotatable bonds is 5. The highest BCUT2D eigenvalue weighted by Gasteiger charge is 2.33. The Morgan fingerprint density at radius 1 is 1.04 bits per heavy atom. The number of sulfonamides is 1. The van der Waals surface area contributed by atoms with Crippen molar-refractivity contribution in [2.75, 3.05) is 26.4 Å². The van der Waals surface area contributed by atoms with Gasteiger partial charge in [-0.25, -0.2) is 16.8 Å². The van der Waals surface area contributed by atoms with E-state index < -0.39 is 19.9 Å². The van der Waals surface area contributed by atoms with E-state index in [2.05, 4.69) is 18.7 Å². The maximum absolute atomic E-state index is 13.0. The lowest BCUT2D eigenvalue weighted by molar-refractivity contribution is 0.140. The minimum Gasteiger partial charge on any atom is -0.301 e. The number of likely N-dealkylation sites (tertiary alicyclic amines) is 1. The normalized spacial score (nSPS) is 18.4. The lowest BCUT2D eigenvalue weighted by Gasteiger charge is -2.38. The molecular weight excluding hydrogens is 348 g/mol. The summed E-state index contributed by atoms with van der Waals surface area (Å²) in [5, 5.41) is 0. The summed E-state index contributed by atoms with van der Waals surface area (Å²) in [6, 6.07) is 6.13. The summed E-state index contributed by atoms with van der Waals surface area (Å²) in [5.41, 5.74) is 0. The highest BCUT2D eigenvalue weighted by atomic mass is 32.2. The molecule has 136 valence electrons. The molecule has 0 saturated carbocycles. The summed E-state index contributed by atoms with van der Waals surface area (Å²) in [5.74, 6) is 0. The molecule has 2 rings (SSSR count). The second kappa shape index (κ2) is 7.11. The Kier molecular flexibility index (Phi) is 5.74. The van der Waals surface area contributed by atoms with Crippen molar-refractivity contribution in [3.63, 3.8) is 0 Å². The Bertz CT molecular complexity index is 780. The van der Waals surface area contributed by atoms with Crippen molar-refractivity contribution < 1.29 is 16.8 Å². The van der Waals surface area contributed by atoms with Crippen molar-refractivity contribution in [1.82, 2.24) is 9.21 Å². The van der Waals surface area contributed by atoms with Crippen LogP contribution < -0.4 is 0 Å². The van der Waals surface area contributed by atoms with Crippen LogP contribution in [0, 0.1) is 0 Å². The topological polar surface area (TPSA) is 74.8 Å². The van der Waals surface area contributed by atoms with E-state index >= 15 is 0 Å². The average Bonchev–Trinajstić information content (AvgIpc) is 2.53. The van der Waals surface area contributed by atoms with E-state index in [1.165, 1.54) is 22.5 Å². The molecule has 0 bridgehead atoms. The van der Waals surface area contributed by atoms with E-state index in [9.17, 15) is 16.8 Å². The Labute approximate surface area is 145 Å². The highest BCUT2D eigenvalue weighted by Crippen LogP contribution is 2.27. The van der Waals surface area contributed by atoms with Gasteiger partial charge in [0.05, 0.1) is 4.90 Å². The van der Waals surface area contributed by atoms with Crippen molar-refractivity contribution in [2.45, 2.75) is 48.6 Å². The van der Waals surface area contributed by atoms with Crippen molar-refractivity contribution in [1.29, 1.82) is 0 Å². The smallest absolute Gasteiger partial charge is 0.244 e. The molecule has 1 aliphatic heterocycles. The van der Waals surface area contributed by atoms with Crippen LogP contribution in [0.4, 0.5) is 0 Å². The van der Waals surface area contributed by atoms with Gasteiger partial charge in [0.2, 0.25) is 10.0 Å². The predicted molar refractivity (Wildman–Crippen MR) is 94.2 cm³/mol. The molecule has 8 heteroatoms. The zero-order valence-corrected chi connectivity index (χ0v) is 16.3. The van der Waals surface area contributed by atoms with Crippen LogP contribution in [-0.2, 0) is 19.9 Å². The van der Waals surface area contributed by atoms with Gasteiger partial charge in [-0.05, 0) is 51.9 Å². The first-order valence-corrected chi connectivity index (χ1v) is 11.4. The fourth-order valence-electron chi connectivity index (χ4n) is 3.09. The Balaban J connectivity index is 2.29. The molecule has 0 aliphatic carbocycles. The summed E-state index contributed by atoms with van der Waals surface area (Å²) in [4.78, 5) is 2.04. The lowest BCUT2D eigenvalue weighted by Crippen LogP contribution is -2.47. The molecule has 1 fully saturated rings. The Morgan fingerprint density at radius 3 is 2.00 bits per heavy atom. The molecule has 0 N–H and O–H groups in total. The van der Waals surface area contributed by atoms with Gasteiger partial charge >= 0.3 is 0 Å². The second-order valence-electron chi connectivity index (χ2n) is 6.60. The van der Waals surface area contributed by atoms with Gasteiger partial charge in [0.15, 0.2) is 9.84 Å². The standard InChI is InChI=1S/C16H26N2O4S2/c1-13(2)18-11-9-14(10-12-18)17(3)24(21,22)16-8-6-5-7-15(16)23(4,19)20/h5-8,13-14H,9-12H2,1-4H3. The monoisotopic (exact) mass is 374 g/mol. The maximum atomic E-state index is 13.0. The molecule has 24 heavy (non-hydrogen) atoms. The molecular formula is C16H26N2O4S2. The van der Waals surface area contributed by atoms with Gasteiger partial charge < -0.3 is 4.90 Å². The quantitative estimate of drug-likeness (QED) is 0.782. The number of hydrogen-bond acceptors (Lipinski definition) is 5. The minimum absolute atomic E-state index is 0.113. The third kappa shape index (κ3) is 3.99. The maximum Gasteiger partial charge on any atom is 0.244 e. The Morgan fingerprint density at radius 2 is 1.54 bits per heavy atom. The van der Waals surface area contributed by atoms with Gasteiger partial charge in [0, 0.05) is 25.4 Å². The molecule has 0 radical (unpaired) electrons. The van der Waals surface area contributed by atoms with Crippen LogP contribution >= 0.6 is 0 Å². The summed E-state index contributed by atoms with van der Waals surface area (Å²) in [6.45, 7) is 5.94. The van der Waals surface area contributed by atoms with E-state index in [0.717, 1.165) is 32.2 Å². The number of benzene rings is 1. The first-order valence-electron chi connectivity index (χ1n) is 8.06. The van der Waals surface area contributed by atoms with Gasteiger partial charge in [-0.3, -0.25) is 0 Å². The SMILES string of the molecule is CC(C)N1CCC(N(C)S(=O)(=O)c2ccccc2S(C)(=O)=O)CC1. The van der Waals surface area contributed by atoms with E-state index in [1.54, 1.807) is 13.1 Å². The van der Waals surface area contributed by atoms with Crippen LogP contribution in [0.25, 0.3) is 0 Å². The fraction of sp³-hybridized carbons (Fsp3) is 0.625. The van der Waals surface area contributed by atoms with Gasteiger partial charge in [-0.1, -0.05) is 12.1 Å². The third-order valence-electron chi connectivity index (χ3n) is 4.65. The molecule has 0 aromatic heterocycles. The van der Waals surface area contributed by atoms with E-state index in [-0.39, 0.29) is 15.8 Å². The summed E-state index contributed by atoms with van der Waals surface area (Å²) >= 11 is 0. The molecule has 0 atom stereocenters. The zero-order valence-electron chi connectivity index (χ0n) is 14.6. The van der Waals surface area contributed by atoms with Crippen LogP contribution in [0.15, 0.2) is 34.1 Å². The van der Waals surface area contributed by atoms with Crippen LogP contribution in [0.1, 0.15) is 26.7 Å². The molecule has 0 unspecified atom stereocenters. The molecule has 1 aromatic rings. The Hall–Kier alpha value is -0.960. The third-order valence-corrected chi connectivity index (χ3v) is 7.90. The van der Waals surface area contributed by atoms with Crippen LogP contribution in [0.3, 0.4) is 0 Å². The van der Waals surface area contributed by atoms with E-state index in [0.29, 0.717) is 6.04 Å². The van der Waals surface area contributed by atoms with Gasteiger partial charge in [0.1, 0.15) is 4.90 Å². The van der Waals surface area contributed by atoms with Crippen LogP contribution in [0.5, 0.6) is 0 Å². The summed E-state index contributed by atoms with van der Waals surface area (Å²) in [7, 11) is -5.92. The van der Waals surface area contributed by atoms with Crippen molar-refractivity contribution in [3.05, 3.63) is 24.3 Å². The lowest BCUT2D eigenvalue weighted by atomic mass is 10.0. The first-order chi connectivity index (χ1) is 11.0. The highest BCUT2D eigenvalue weighted by molar-refractivity contribution is 7.93. The molecule has 6 nitrogen and oxygen atoms in total. The minimum atomic E-state index is -3.85. The van der Waals surface area contributed by atoms with Gasteiger partial charge in [0.25, 0.3) is 0 Å². The number of hydrogen-bond donors (Lipinski definition) is 0. The number of piperidine rings is 1. The van der Waals surface area contributed by atoms with Crippen molar-refractivity contribution in [2.24, 2.45) is 0 Å². The van der Waals surface area contributed by atoms with Gasteiger partial charge in [-0.2, -0.15) is 4.31 Å².